The summed E-state index contributed by atoms with van der Waals surface area (Å²) in [6.07, 6.45) is 2.47. The van der Waals surface area contributed by atoms with Crippen LogP contribution in [0.1, 0.15) is 25.7 Å². The molecule has 0 aromatic carbocycles. The third-order valence-corrected chi connectivity index (χ3v) is 2.82. The average molecular weight is 203 g/mol. The summed E-state index contributed by atoms with van der Waals surface area (Å²) in [6, 6.07) is -0.0519. The van der Waals surface area contributed by atoms with Crippen molar-refractivity contribution in [1.29, 1.82) is 0 Å². The maximum atomic E-state index is 10.7. The van der Waals surface area contributed by atoms with Gasteiger partial charge in [-0.25, -0.2) is 4.79 Å². The van der Waals surface area contributed by atoms with Crippen LogP contribution in [0.2, 0.25) is 0 Å². The smallest absolute Gasteiger partial charge is 0.409 e. The Morgan fingerprint density at radius 2 is 2.00 bits per heavy atom. The first-order valence-electron chi connectivity index (χ1n) is 4.82. The highest BCUT2D eigenvalue weighted by Gasteiger charge is 2.27. The number of hydrogen-bond donors (Lipinski definition) is 2. The molecular formula is C9H17NO4. The highest BCUT2D eigenvalue weighted by Crippen LogP contribution is 2.24. The van der Waals surface area contributed by atoms with Gasteiger partial charge >= 0.3 is 6.09 Å². The highest BCUT2D eigenvalue weighted by molar-refractivity contribution is 5.65. The Hall–Kier alpha value is -0.810. The summed E-state index contributed by atoms with van der Waals surface area (Å²) >= 11 is 0. The van der Waals surface area contributed by atoms with Crippen molar-refractivity contribution in [2.45, 2.75) is 37.8 Å². The average Bonchev–Trinajstić information content (AvgIpc) is 2.19. The Labute approximate surface area is 83.3 Å². The van der Waals surface area contributed by atoms with Crippen LogP contribution in [-0.2, 0) is 4.74 Å². The Morgan fingerprint density at radius 1 is 1.43 bits per heavy atom. The first-order valence-corrected chi connectivity index (χ1v) is 4.82. The molecule has 0 radical (unpaired) electrons. The van der Waals surface area contributed by atoms with E-state index in [0.717, 1.165) is 30.6 Å². The Bertz CT molecular complexity index is 189. The van der Waals surface area contributed by atoms with E-state index in [4.69, 9.17) is 14.9 Å². The number of carbonyl (C=O) groups is 1. The van der Waals surface area contributed by atoms with Crippen LogP contribution in [0.5, 0.6) is 0 Å². The third kappa shape index (κ3) is 2.59. The van der Waals surface area contributed by atoms with E-state index in [1.165, 1.54) is 0 Å². The molecule has 0 aromatic rings. The van der Waals surface area contributed by atoms with Gasteiger partial charge in [-0.05, 0) is 25.7 Å². The first kappa shape index (κ1) is 11.3. The van der Waals surface area contributed by atoms with Gasteiger partial charge in [-0.2, -0.15) is 0 Å². The van der Waals surface area contributed by atoms with Crippen LogP contribution in [0.3, 0.4) is 0 Å². The zero-order valence-corrected chi connectivity index (χ0v) is 8.35. The molecular weight excluding hydrogens is 186 g/mol. The standard InChI is InChI=1S/C9H17NO4/c1-14-8-4-2-7(3-5-8)10(6-11)9(12)13/h7-8,11H,2-6H2,1H3,(H,12,13). The lowest BCUT2D eigenvalue weighted by atomic mass is 9.92. The summed E-state index contributed by atoms with van der Waals surface area (Å²) < 4.78 is 5.18. The molecule has 0 spiro atoms. The van der Waals surface area contributed by atoms with Gasteiger partial charge in [0.25, 0.3) is 0 Å². The van der Waals surface area contributed by atoms with Crippen molar-refractivity contribution in [2.24, 2.45) is 0 Å². The van der Waals surface area contributed by atoms with Crippen molar-refractivity contribution in [2.75, 3.05) is 13.8 Å². The SMILES string of the molecule is COC1CCC(N(CO)C(=O)O)CC1. The van der Waals surface area contributed by atoms with E-state index in [2.05, 4.69) is 0 Å². The lowest BCUT2D eigenvalue weighted by molar-refractivity contribution is 0.0142. The molecule has 5 nitrogen and oxygen atoms in total. The quantitative estimate of drug-likeness (QED) is 0.668. The highest BCUT2D eigenvalue weighted by atomic mass is 16.5. The summed E-state index contributed by atoms with van der Waals surface area (Å²) in [7, 11) is 1.67. The fraction of sp³-hybridized carbons (Fsp3) is 0.889. The number of rotatable bonds is 3. The Morgan fingerprint density at radius 3 is 2.36 bits per heavy atom. The minimum Gasteiger partial charge on any atom is -0.465 e. The zero-order valence-electron chi connectivity index (χ0n) is 8.35. The van der Waals surface area contributed by atoms with Gasteiger partial charge in [-0.3, -0.25) is 4.90 Å². The summed E-state index contributed by atoms with van der Waals surface area (Å²) in [5.41, 5.74) is 0. The van der Waals surface area contributed by atoms with Crippen molar-refractivity contribution in [1.82, 2.24) is 4.90 Å². The van der Waals surface area contributed by atoms with Crippen molar-refractivity contribution in [3.05, 3.63) is 0 Å². The van der Waals surface area contributed by atoms with E-state index in [1.807, 2.05) is 0 Å². The summed E-state index contributed by atoms with van der Waals surface area (Å²) in [6.45, 7) is -0.419. The molecule has 1 rings (SSSR count). The van der Waals surface area contributed by atoms with E-state index in [0.29, 0.717) is 0 Å². The molecule has 14 heavy (non-hydrogen) atoms. The molecule has 1 amide bonds. The fourth-order valence-electron chi connectivity index (χ4n) is 1.92. The second-order valence-corrected chi connectivity index (χ2v) is 3.56. The largest absolute Gasteiger partial charge is 0.465 e. The summed E-state index contributed by atoms with van der Waals surface area (Å²) in [4.78, 5) is 11.8. The molecule has 1 saturated carbocycles. The Kier molecular flexibility index (Phi) is 4.16. The molecule has 0 bridgehead atoms. The zero-order chi connectivity index (χ0) is 10.6. The first-order chi connectivity index (χ1) is 6.69. The van der Waals surface area contributed by atoms with Crippen LogP contribution >= 0.6 is 0 Å². The molecule has 5 heteroatoms. The molecule has 0 unspecified atom stereocenters. The number of aliphatic hydroxyl groups is 1. The molecule has 0 saturated heterocycles. The second kappa shape index (κ2) is 5.17. The number of nitrogens with zero attached hydrogens (tertiary/aromatic N) is 1. The predicted octanol–water partition coefficient (Wildman–Crippen LogP) is 0.874. The minimum absolute atomic E-state index is 0.0519. The normalized spacial score (nSPS) is 27.3. The number of carboxylic acid groups (broad SMARTS) is 1. The summed E-state index contributed by atoms with van der Waals surface area (Å²) in [5.74, 6) is 0. The molecule has 0 aromatic heterocycles. The lowest BCUT2D eigenvalue weighted by Crippen LogP contribution is -2.43. The van der Waals surface area contributed by atoms with Crippen molar-refractivity contribution in [3.63, 3.8) is 0 Å². The van der Waals surface area contributed by atoms with Crippen LogP contribution in [0.4, 0.5) is 4.79 Å². The van der Waals surface area contributed by atoms with E-state index < -0.39 is 12.8 Å². The van der Waals surface area contributed by atoms with E-state index >= 15 is 0 Å². The van der Waals surface area contributed by atoms with Crippen molar-refractivity contribution in [3.8, 4) is 0 Å². The van der Waals surface area contributed by atoms with Crippen molar-refractivity contribution < 1.29 is 19.7 Å². The van der Waals surface area contributed by atoms with Crippen LogP contribution in [0.25, 0.3) is 0 Å². The van der Waals surface area contributed by atoms with Crippen LogP contribution in [-0.4, -0.2) is 47.2 Å². The monoisotopic (exact) mass is 203 g/mol. The molecule has 0 heterocycles. The molecule has 82 valence electrons. The fourth-order valence-corrected chi connectivity index (χ4v) is 1.92. The van der Waals surface area contributed by atoms with Gasteiger partial charge in [0.1, 0.15) is 6.73 Å². The van der Waals surface area contributed by atoms with E-state index in [1.54, 1.807) is 7.11 Å². The molecule has 2 N–H and O–H groups in total. The van der Waals surface area contributed by atoms with Gasteiger partial charge in [0.05, 0.1) is 6.10 Å². The predicted molar refractivity (Wildman–Crippen MR) is 50.0 cm³/mol. The van der Waals surface area contributed by atoms with Crippen LogP contribution < -0.4 is 0 Å². The van der Waals surface area contributed by atoms with E-state index in [-0.39, 0.29) is 12.1 Å². The number of ether oxygens (including phenoxy) is 1. The molecule has 1 fully saturated rings. The lowest BCUT2D eigenvalue weighted by Gasteiger charge is -2.33. The topological polar surface area (TPSA) is 70.0 Å². The number of hydrogen-bond acceptors (Lipinski definition) is 3. The van der Waals surface area contributed by atoms with Gasteiger partial charge in [-0.15, -0.1) is 0 Å². The van der Waals surface area contributed by atoms with Gasteiger partial charge in [0, 0.05) is 13.2 Å². The van der Waals surface area contributed by atoms with Crippen molar-refractivity contribution >= 4 is 6.09 Å². The number of methoxy groups -OCH3 is 1. The molecule has 1 aliphatic rings. The van der Waals surface area contributed by atoms with Gasteiger partial charge in [0.15, 0.2) is 0 Å². The second-order valence-electron chi connectivity index (χ2n) is 3.56. The van der Waals surface area contributed by atoms with Gasteiger partial charge in [-0.1, -0.05) is 0 Å². The van der Waals surface area contributed by atoms with Gasteiger partial charge in [0.2, 0.25) is 0 Å². The molecule has 0 atom stereocenters. The number of aliphatic hydroxyl groups excluding tert-OH is 1. The maximum Gasteiger partial charge on any atom is 0.409 e. The van der Waals surface area contributed by atoms with Crippen LogP contribution in [0.15, 0.2) is 0 Å². The third-order valence-electron chi connectivity index (χ3n) is 2.82. The Balaban J connectivity index is 2.43. The van der Waals surface area contributed by atoms with Gasteiger partial charge < -0.3 is 14.9 Å². The minimum atomic E-state index is -1.05. The maximum absolute atomic E-state index is 10.7. The number of amides is 1. The molecule has 0 aliphatic heterocycles. The van der Waals surface area contributed by atoms with Crippen LogP contribution in [0, 0.1) is 0 Å². The summed E-state index contributed by atoms with van der Waals surface area (Å²) in [5, 5.41) is 17.7. The van der Waals surface area contributed by atoms with E-state index in [9.17, 15) is 4.79 Å². The molecule has 1 aliphatic carbocycles.